The van der Waals surface area contributed by atoms with Gasteiger partial charge in [0.25, 0.3) is 11.8 Å². The smallest absolute Gasteiger partial charge is 0.389 e. The lowest BCUT2D eigenvalue weighted by atomic mass is 9.84. The topological polar surface area (TPSA) is 141 Å². The molecule has 0 saturated heterocycles. The summed E-state index contributed by atoms with van der Waals surface area (Å²) in [6.07, 6.45) is -1.96. The van der Waals surface area contributed by atoms with Crippen LogP contribution in [-0.2, 0) is 11.0 Å². The van der Waals surface area contributed by atoms with Crippen molar-refractivity contribution >= 4 is 35.0 Å². The Hall–Kier alpha value is -3.12. The maximum Gasteiger partial charge on any atom is 0.416 e. The summed E-state index contributed by atoms with van der Waals surface area (Å²) in [7, 11) is 0. The number of primary amides is 1. The Morgan fingerprint density at radius 1 is 1.22 bits per heavy atom. The largest absolute Gasteiger partial charge is 0.416 e. The molecule has 196 valence electrons. The van der Waals surface area contributed by atoms with Gasteiger partial charge in [-0.3, -0.25) is 14.4 Å². The zero-order valence-electron chi connectivity index (χ0n) is 19.7. The Labute approximate surface area is 210 Å². The van der Waals surface area contributed by atoms with Gasteiger partial charge in [0.2, 0.25) is 5.91 Å². The van der Waals surface area contributed by atoms with E-state index in [9.17, 15) is 32.7 Å². The van der Waals surface area contributed by atoms with Gasteiger partial charge in [0.1, 0.15) is 5.69 Å². The molecule has 0 bridgehead atoms. The van der Waals surface area contributed by atoms with Crippen molar-refractivity contribution in [1.82, 2.24) is 14.9 Å². The van der Waals surface area contributed by atoms with Crippen LogP contribution in [0.4, 0.5) is 18.9 Å². The van der Waals surface area contributed by atoms with Crippen molar-refractivity contribution in [3.05, 3.63) is 46.5 Å². The molecule has 0 spiro atoms. The van der Waals surface area contributed by atoms with E-state index in [0.29, 0.717) is 25.7 Å². The standard InChI is InChI=1S/C23H27ClF3N5O4/c1-22(2,36)10-32(21(35)18-17(19(28)33)29-11-30-18)14-6-3-12(4-7-14)20(34)31-16-9-13(23(25,26)27)5-8-15(16)24/h5,8-9,11-12,14,36H,3-4,6-7,10H2,1-2H3,(H2,28,33)(H,29,30)(H,31,34)/t12-,14-. The van der Waals surface area contributed by atoms with E-state index in [0.717, 1.165) is 18.2 Å². The van der Waals surface area contributed by atoms with Gasteiger partial charge in [0, 0.05) is 18.5 Å². The fraction of sp³-hybridized carbons (Fsp3) is 0.478. The summed E-state index contributed by atoms with van der Waals surface area (Å²) in [5.41, 5.74) is 2.69. The van der Waals surface area contributed by atoms with Gasteiger partial charge in [-0.25, -0.2) is 4.98 Å². The SMILES string of the molecule is CC(C)(O)CN(C(=O)c1nc[nH]c1C(N)=O)[C@H]1CC[C@H](C(=O)Nc2cc(C(F)(F)F)ccc2Cl)CC1. The summed E-state index contributed by atoms with van der Waals surface area (Å²) in [6.45, 7) is 3.01. The highest BCUT2D eigenvalue weighted by Gasteiger charge is 2.37. The van der Waals surface area contributed by atoms with Gasteiger partial charge >= 0.3 is 6.18 Å². The van der Waals surface area contributed by atoms with Crippen molar-refractivity contribution in [2.24, 2.45) is 11.7 Å². The van der Waals surface area contributed by atoms with Crippen LogP contribution in [0, 0.1) is 5.92 Å². The summed E-state index contributed by atoms with van der Waals surface area (Å²) in [6, 6.07) is 2.32. The molecule has 1 saturated carbocycles. The molecule has 3 amide bonds. The average molecular weight is 530 g/mol. The quantitative estimate of drug-likeness (QED) is 0.433. The number of nitrogens with zero attached hydrogens (tertiary/aromatic N) is 2. The van der Waals surface area contributed by atoms with Gasteiger partial charge in [-0.2, -0.15) is 13.2 Å². The normalized spacial score (nSPS) is 18.5. The summed E-state index contributed by atoms with van der Waals surface area (Å²) in [5.74, 6) is -2.43. The third-order valence-corrected chi connectivity index (χ3v) is 6.30. The third-order valence-electron chi connectivity index (χ3n) is 5.97. The van der Waals surface area contributed by atoms with E-state index in [4.69, 9.17) is 17.3 Å². The van der Waals surface area contributed by atoms with Crippen molar-refractivity contribution in [3.8, 4) is 0 Å². The molecule has 9 nitrogen and oxygen atoms in total. The van der Waals surface area contributed by atoms with Crippen LogP contribution in [-0.4, -0.2) is 55.9 Å². The number of hydrogen-bond acceptors (Lipinski definition) is 5. The van der Waals surface area contributed by atoms with E-state index in [2.05, 4.69) is 15.3 Å². The van der Waals surface area contributed by atoms with Crippen molar-refractivity contribution < 1.29 is 32.7 Å². The Morgan fingerprint density at radius 3 is 2.42 bits per heavy atom. The van der Waals surface area contributed by atoms with Gasteiger partial charge in [-0.05, 0) is 57.7 Å². The molecular formula is C23H27ClF3N5O4. The molecule has 0 atom stereocenters. The summed E-state index contributed by atoms with van der Waals surface area (Å²) < 4.78 is 39.1. The van der Waals surface area contributed by atoms with Gasteiger partial charge < -0.3 is 26.0 Å². The zero-order chi connectivity index (χ0) is 26.8. The van der Waals surface area contributed by atoms with Gasteiger partial charge in [-0.1, -0.05) is 11.6 Å². The summed E-state index contributed by atoms with van der Waals surface area (Å²) in [4.78, 5) is 45.6. The van der Waals surface area contributed by atoms with Gasteiger partial charge in [-0.15, -0.1) is 0 Å². The number of imidazole rings is 1. The molecule has 2 aromatic rings. The van der Waals surface area contributed by atoms with E-state index in [-0.39, 0.29) is 34.7 Å². The number of carbonyl (C=O) groups excluding carboxylic acids is 3. The van der Waals surface area contributed by atoms with Crippen LogP contribution < -0.4 is 11.1 Å². The molecule has 3 rings (SSSR count). The average Bonchev–Trinajstić information content (AvgIpc) is 3.27. The monoisotopic (exact) mass is 529 g/mol. The lowest BCUT2D eigenvalue weighted by molar-refractivity contribution is -0.137. The van der Waals surface area contributed by atoms with Crippen LogP contribution in [0.25, 0.3) is 0 Å². The Kier molecular flexibility index (Phi) is 7.99. The highest BCUT2D eigenvalue weighted by Crippen LogP contribution is 2.35. The number of aromatic amines is 1. The third kappa shape index (κ3) is 6.55. The Morgan fingerprint density at radius 2 is 1.86 bits per heavy atom. The number of aromatic nitrogens is 2. The number of H-pyrrole nitrogens is 1. The molecule has 0 aliphatic heterocycles. The minimum Gasteiger partial charge on any atom is -0.389 e. The maximum absolute atomic E-state index is 13.3. The lowest BCUT2D eigenvalue weighted by Crippen LogP contribution is -2.50. The zero-order valence-corrected chi connectivity index (χ0v) is 20.4. The van der Waals surface area contributed by atoms with Gasteiger partial charge in [0.05, 0.1) is 28.2 Å². The second kappa shape index (κ2) is 10.5. The van der Waals surface area contributed by atoms with E-state index in [1.165, 1.54) is 25.1 Å². The van der Waals surface area contributed by atoms with Crippen LogP contribution in [0.1, 0.15) is 66.1 Å². The maximum atomic E-state index is 13.3. The first kappa shape index (κ1) is 27.5. The molecule has 1 aliphatic rings. The lowest BCUT2D eigenvalue weighted by Gasteiger charge is -2.39. The van der Waals surface area contributed by atoms with E-state index in [1.807, 2.05) is 0 Å². The summed E-state index contributed by atoms with van der Waals surface area (Å²) >= 11 is 5.98. The number of hydrogen-bond donors (Lipinski definition) is 4. The predicted octanol–water partition coefficient (Wildman–Crippen LogP) is 3.59. The van der Waals surface area contributed by atoms with E-state index in [1.54, 1.807) is 0 Å². The molecule has 36 heavy (non-hydrogen) atoms. The van der Waals surface area contributed by atoms with Crippen LogP contribution >= 0.6 is 11.6 Å². The molecule has 1 fully saturated rings. The van der Waals surface area contributed by atoms with Gasteiger partial charge in [0.15, 0.2) is 5.69 Å². The summed E-state index contributed by atoms with van der Waals surface area (Å²) in [5, 5.41) is 12.8. The predicted molar refractivity (Wildman–Crippen MR) is 125 cm³/mol. The number of halogens is 4. The fourth-order valence-electron chi connectivity index (χ4n) is 4.25. The van der Waals surface area contributed by atoms with Crippen LogP contribution in [0.2, 0.25) is 5.02 Å². The number of alkyl halides is 3. The number of carbonyl (C=O) groups is 3. The minimum absolute atomic E-state index is 0.0174. The molecule has 0 radical (unpaired) electrons. The van der Waals surface area contributed by atoms with Crippen molar-refractivity contribution in [2.45, 2.75) is 57.3 Å². The first-order chi connectivity index (χ1) is 16.7. The number of nitrogens with two attached hydrogens (primary N) is 1. The molecule has 1 aliphatic carbocycles. The van der Waals surface area contributed by atoms with Crippen LogP contribution in [0.5, 0.6) is 0 Å². The molecule has 1 heterocycles. The first-order valence-corrected chi connectivity index (χ1v) is 11.6. The second-order valence-corrected chi connectivity index (χ2v) is 9.83. The van der Waals surface area contributed by atoms with Crippen molar-refractivity contribution in [1.29, 1.82) is 0 Å². The van der Waals surface area contributed by atoms with Crippen molar-refractivity contribution in [3.63, 3.8) is 0 Å². The Bertz CT molecular complexity index is 1140. The molecule has 1 aromatic heterocycles. The minimum atomic E-state index is -4.58. The second-order valence-electron chi connectivity index (χ2n) is 9.42. The van der Waals surface area contributed by atoms with Crippen LogP contribution in [0.15, 0.2) is 24.5 Å². The number of benzene rings is 1. The van der Waals surface area contributed by atoms with E-state index >= 15 is 0 Å². The molecule has 0 unspecified atom stereocenters. The first-order valence-electron chi connectivity index (χ1n) is 11.2. The highest BCUT2D eigenvalue weighted by atomic mass is 35.5. The van der Waals surface area contributed by atoms with Crippen molar-refractivity contribution in [2.75, 3.05) is 11.9 Å². The molecular weight excluding hydrogens is 503 g/mol. The number of amides is 3. The Balaban J connectivity index is 1.72. The number of aliphatic hydroxyl groups is 1. The number of nitrogens with one attached hydrogen (secondary N) is 2. The molecule has 1 aromatic carbocycles. The molecule has 13 heteroatoms. The number of rotatable bonds is 7. The highest BCUT2D eigenvalue weighted by molar-refractivity contribution is 6.33. The molecule has 5 N–H and O–H groups in total. The fourth-order valence-corrected chi connectivity index (χ4v) is 4.41. The van der Waals surface area contributed by atoms with E-state index < -0.39 is 41.0 Å². The number of anilines is 1. The van der Waals surface area contributed by atoms with Crippen LogP contribution in [0.3, 0.4) is 0 Å².